The minimum Gasteiger partial charge on any atom is -0.484 e. The molecule has 0 aliphatic carbocycles. The van der Waals surface area contributed by atoms with Gasteiger partial charge in [0, 0.05) is 24.4 Å². The number of hydrogen-bond acceptors (Lipinski definition) is 3. The van der Waals surface area contributed by atoms with Gasteiger partial charge in [0.05, 0.1) is 12.7 Å². The monoisotopic (exact) mass is 233 g/mol. The molecule has 2 unspecified atom stereocenters. The van der Waals surface area contributed by atoms with Crippen LogP contribution >= 0.6 is 0 Å². The highest BCUT2D eigenvalue weighted by Crippen LogP contribution is 2.44. The average Bonchev–Trinajstić information content (AvgIpc) is 2.62. The fraction of sp³-hybridized carbons (Fsp3) is 0.571. The number of aryl methyl sites for hydroxylation is 1. The summed E-state index contributed by atoms with van der Waals surface area (Å²) in [6.07, 6.45) is 1.92. The van der Waals surface area contributed by atoms with Crippen molar-refractivity contribution >= 4 is 0 Å². The van der Waals surface area contributed by atoms with Gasteiger partial charge in [-0.25, -0.2) is 0 Å². The molecule has 3 heteroatoms. The van der Waals surface area contributed by atoms with Gasteiger partial charge in [0.1, 0.15) is 11.4 Å². The van der Waals surface area contributed by atoms with Crippen molar-refractivity contribution in [2.45, 2.75) is 44.4 Å². The van der Waals surface area contributed by atoms with Crippen molar-refractivity contribution in [2.75, 3.05) is 6.61 Å². The summed E-state index contributed by atoms with van der Waals surface area (Å²) in [5.74, 6) is 0.937. The van der Waals surface area contributed by atoms with E-state index >= 15 is 0 Å². The van der Waals surface area contributed by atoms with Crippen LogP contribution in [-0.2, 0) is 4.74 Å². The van der Waals surface area contributed by atoms with Gasteiger partial charge in [0.2, 0.25) is 0 Å². The lowest BCUT2D eigenvalue weighted by Crippen LogP contribution is -2.47. The molecule has 0 bridgehead atoms. The van der Waals surface area contributed by atoms with Crippen molar-refractivity contribution in [1.82, 2.24) is 0 Å². The topological polar surface area (TPSA) is 44.5 Å². The van der Waals surface area contributed by atoms with E-state index in [0.717, 1.165) is 30.8 Å². The molecule has 92 valence electrons. The van der Waals surface area contributed by atoms with Crippen LogP contribution in [0.1, 0.15) is 36.9 Å². The normalized spacial score (nSPS) is 35.7. The van der Waals surface area contributed by atoms with Crippen LogP contribution in [0.3, 0.4) is 0 Å². The number of rotatable bonds is 0. The third-order valence-corrected chi connectivity index (χ3v) is 4.08. The predicted molar refractivity (Wildman–Crippen MR) is 66.1 cm³/mol. The summed E-state index contributed by atoms with van der Waals surface area (Å²) in [7, 11) is 0. The van der Waals surface area contributed by atoms with Crippen molar-refractivity contribution in [3.05, 3.63) is 29.3 Å². The van der Waals surface area contributed by atoms with Crippen LogP contribution in [0.25, 0.3) is 0 Å². The number of hydrogen-bond donors (Lipinski definition) is 1. The number of nitrogens with two attached hydrogens (primary N) is 1. The van der Waals surface area contributed by atoms with Gasteiger partial charge in [-0.05, 0) is 19.9 Å². The third kappa shape index (κ3) is 1.65. The van der Waals surface area contributed by atoms with Gasteiger partial charge in [-0.1, -0.05) is 17.7 Å². The quantitative estimate of drug-likeness (QED) is 0.748. The van der Waals surface area contributed by atoms with E-state index < -0.39 is 0 Å². The molecule has 0 aromatic heterocycles. The second-order valence-corrected chi connectivity index (χ2v) is 5.28. The van der Waals surface area contributed by atoms with E-state index in [1.165, 1.54) is 5.56 Å². The van der Waals surface area contributed by atoms with Crippen LogP contribution in [0.4, 0.5) is 0 Å². The molecule has 1 fully saturated rings. The molecule has 17 heavy (non-hydrogen) atoms. The van der Waals surface area contributed by atoms with E-state index in [2.05, 4.69) is 26.0 Å². The van der Waals surface area contributed by atoms with Crippen molar-refractivity contribution in [2.24, 2.45) is 5.73 Å². The zero-order valence-electron chi connectivity index (χ0n) is 10.4. The fourth-order valence-corrected chi connectivity index (χ4v) is 2.96. The lowest BCUT2D eigenvalue weighted by Gasteiger charge is -2.40. The van der Waals surface area contributed by atoms with Crippen molar-refractivity contribution < 1.29 is 9.47 Å². The van der Waals surface area contributed by atoms with Crippen molar-refractivity contribution in [3.8, 4) is 5.75 Å². The summed E-state index contributed by atoms with van der Waals surface area (Å²) in [6.45, 7) is 4.94. The highest BCUT2D eigenvalue weighted by atomic mass is 16.6. The highest BCUT2D eigenvalue weighted by Gasteiger charge is 2.48. The van der Waals surface area contributed by atoms with Crippen molar-refractivity contribution in [3.63, 3.8) is 0 Å². The maximum atomic E-state index is 6.30. The van der Waals surface area contributed by atoms with Crippen LogP contribution in [0.5, 0.6) is 5.75 Å². The minimum atomic E-state index is -0.207. The molecule has 0 amide bonds. The SMILES string of the molecule is Cc1ccc2c(c1)[C@H](N)CC1(CCOC1C)O2. The molecule has 2 aliphatic rings. The summed E-state index contributed by atoms with van der Waals surface area (Å²) < 4.78 is 11.9. The molecule has 3 rings (SSSR count). The average molecular weight is 233 g/mol. The molecule has 3 nitrogen and oxygen atoms in total. The summed E-state index contributed by atoms with van der Waals surface area (Å²) in [5.41, 5.74) is 8.45. The standard InChI is InChI=1S/C14H19NO2/c1-9-3-4-13-11(7-9)12(15)8-14(17-13)5-6-16-10(14)2/h3-4,7,10,12H,5-6,8,15H2,1-2H3/t10?,12-,14?/m1/s1. The lowest BCUT2D eigenvalue weighted by atomic mass is 9.83. The van der Waals surface area contributed by atoms with Crippen LogP contribution in [0, 0.1) is 6.92 Å². The smallest absolute Gasteiger partial charge is 0.139 e. The summed E-state index contributed by atoms with van der Waals surface area (Å²) in [6, 6.07) is 6.30. The molecule has 1 spiro atoms. The van der Waals surface area contributed by atoms with Crippen LogP contribution in [0.15, 0.2) is 18.2 Å². The molecular weight excluding hydrogens is 214 g/mol. The van der Waals surface area contributed by atoms with Crippen LogP contribution in [0.2, 0.25) is 0 Å². The van der Waals surface area contributed by atoms with E-state index in [1.807, 2.05) is 6.07 Å². The van der Waals surface area contributed by atoms with Gasteiger partial charge in [-0.15, -0.1) is 0 Å². The third-order valence-electron chi connectivity index (χ3n) is 4.08. The Morgan fingerprint density at radius 3 is 2.94 bits per heavy atom. The first kappa shape index (κ1) is 11.1. The summed E-state index contributed by atoms with van der Waals surface area (Å²) >= 11 is 0. The molecule has 2 heterocycles. The van der Waals surface area contributed by atoms with E-state index in [0.29, 0.717) is 0 Å². The Morgan fingerprint density at radius 1 is 1.41 bits per heavy atom. The molecule has 2 N–H and O–H groups in total. The maximum absolute atomic E-state index is 6.30. The van der Waals surface area contributed by atoms with Crippen LogP contribution in [-0.4, -0.2) is 18.3 Å². The zero-order chi connectivity index (χ0) is 12.0. The van der Waals surface area contributed by atoms with E-state index in [4.69, 9.17) is 15.2 Å². The highest BCUT2D eigenvalue weighted by molar-refractivity contribution is 5.41. The molecule has 1 aromatic rings. The summed E-state index contributed by atoms with van der Waals surface area (Å²) in [4.78, 5) is 0. The van der Waals surface area contributed by atoms with Crippen LogP contribution < -0.4 is 10.5 Å². The Kier molecular flexibility index (Phi) is 2.42. The molecule has 0 saturated carbocycles. The zero-order valence-corrected chi connectivity index (χ0v) is 10.4. The molecule has 1 aromatic carbocycles. The van der Waals surface area contributed by atoms with Gasteiger partial charge >= 0.3 is 0 Å². The van der Waals surface area contributed by atoms with Gasteiger partial charge < -0.3 is 15.2 Å². The first-order valence-electron chi connectivity index (χ1n) is 6.27. The second-order valence-electron chi connectivity index (χ2n) is 5.28. The molecule has 2 aliphatic heterocycles. The largest absolute Gasteiger partial charge is 0.484 e. The lowest BCUT2D eigenvalue weighted by molar-refractivity contribution is -0.0275. The Bertz CT molecular complexity index is 446. The number of benzene rings is 1. The molecule has 1 saturated heterocycles. The van der Waals surface area contributed by atoms with Gasteiger partial charge in [-0.2, -0.15) is 0 Å². The molecule has 3 atom stereocenters. The van der Waals surface area contributed by atoms with Gasteiger partial charge in [0.25, 0.3) is 0 Å². The summed E-state index contributed by atoms with van der Waals surface area (Å²) in [5, 5.41) is 0. The number of ether oxygens (including phenoxy) is 2. The minimum absolute atomic E-state index is 0.0581. The molecular formula is C14H19NO2. The van der Waals surface area contributed by atoms with Gasteiger partial charge in [-0.3, -0.25) is 0 Å². The van der Waals surface area contributed by atoms with Gasteiger partial charge in [0.15, 0.2) is 0 Å². The Morgan fingerprint density at radius 2 is 2.24 bits per heavy atom. The van der Waals surface area contributed by atoms with Crippen molar-refractivity contribution in [1.29, 1.82) is 0 Å². The second kappa shape index (κ2) is 3.72. The van der Waals surface area contributed by atoms with E-state index in [1.54, 1.807) is 0 Å². The first-order valence-corrected chi connectivity index (χ1v) is 6.27. The predicted octanol–water partition coefficient (Wildman–Crippen LogP) is 2.32. The Balaban J connectivity index is 2.01. The van der Waals surface area contributed by atoms with E-state index in [9.17, 15) is 0 Å². The molecule has 0 radical (unpaired) electrons. The van der Waals surface area contributed by atoms with E-state index in [-0.39, 0.29) is 17.7 Å². The Hall–Kier alpha value is -1.06. The maximum Gasteiger partial charge on any atom is 0.139 e. The first-order chi connectivity index (χ1) is 8.11. The Labute approximate surface area is 102 Å². The number of fused-ring (bicyclic) bond motifs is 1. The fourth-order valence-electron chi connectivity index (χ4n) is 2.96.